The first-order chi connectivity index (χ1) is 6.90. The lowest BCUT2D eigenvalue weighted by molar-refractivity contribution is 0.802. The van der Waals surface area contributed by atoms with Gasteiger partial charge in [-0.3, -0.25) is 0 Å². The average Bonchev–Trinajstić information content (AvgIpc) is 2.72. The zero-order chi connectivity index (χ0) is 9.80. The highest BCUT2D eigenvalue weighted by Crippen LogP contribution is 2.39. The lowest BCUT2D eigenvalue weighted by Crippen LogP contribution is -2.06. The third-order valence-electron chi connectivity index (χ3n) is 2.39. The maximum atomic E-state index is 5.44. The fourth-order valence-corrected chi connectivity index (χ4v) is 2.90. The van der Waals surface area contributed by atoms with Gasteiger partial charge in [0, 0.05) is 29.6 Å². The fraction of sp³-hybridized carbons (Fsp3) is 0.600. The van der Waals surface area contributed by atoms with E-state index in [1.165, 1.54) is 24.2 Å². The first-order valence-corrected chi connectivity index (χ1v) is 6.07. The lowest BCUT2D eigenvalue weighted by atomic mass is 10.1. The van der Waals surface area contributed by atoms with Crippen molar-refractivity contribution < 1.29 is 0 Å². The van der Waals surface area contributed by atoms with Gasteiger partial charge in [-0.1, -0.05) is 0 Å². The third kappa shape index (κ3) is 2.25. The first kappa shape index (κ1) is 9.93. The van der Waals surface area contributed by atoms with Crippen molar-refractivity contribution in [1.29, 1.82) is 0 Å². The lowest BCUT2D eigenvalue weighted by Gasteiger charge is -2.07. The molecule has 0 aliphatic carbocycles. The molecule has 0 bridgehead atoms. The van der Waals surface area contributed by atoms with Crippen LogP contribution in [-0.4, -0.2) is 22.3 Å². The number of hydrogen-bond donors (Lipinski definition) is 1. The van der Waals surface area contributed by atoms with Crippen LogP contribution in [0.3, 0.4) is 0 Å². The Morgan fingerprint density at radius 3 is 2.79 bits per heavy atom. The highest BCUT2D eigenvalue weighted by Gasteiger charge is 2.17. The summed E-state index contributed by atoms with van der Waals surface area (Å²) in [5.74, 6) is 2.13. The Kier molecular flexibility index (Phi) is 3.37. The van der Waals surface area contributed by atoms with Crippen molar-refractivity contribution in [2.75, 3.05) is 12.3 Å². The number of thioether (sulfide) groups is 1. The molecule has 1 atom stereocenters. The van der Waals surface area contributed by atoms with E-state index in [2.05, 4.69) is 9.97 Å². The monoisotopic (exact) mass is 209 g/mol. The number of rotatable bonds is 3. The smallest absolute Gasteiger partial charge is 0.129 e. The summed E-state index contributed by atoms with van der Waals surface area (Å²) in [5.41, 5.74) is 6.71. The van der Waals surface area contributed by atoms with Crippen molar-refractivity contribution in [3.8, 4) is 0 Å². The van der Waals surface area contributed by atoms with Crippen LogP contribution in [-0.2, 0) is 6.42 Å². The van der Waals surface area contributed by atoms with Crippen molar-refractivity contribution in [2.45, 2.75) is 24.5 Å². The third-order valence-corrected chi connectivity index (χ3v) is 3.83. The van der Waals surface area contributed by atoms with Crippen molar-refractivity contribution in [2.24, 2.45) is 5.73 Å². The van der Waals surface area contributed by atoms with Crippen molar-refractivity contribution in [3.05, 3.63) is 23.8 Å². The van der Waals surface area contributed by atoms with Gasteiger partial charge in [0.05, 0.1) is 0 Å². The Balaban J connectivity index is 2.05. The summed E-state index contributed by atoms with van der Waals surface area (Å²) < 4.78 is 0. The van der Waals surface area contributed by atoms with Crippen LogP contribution >= 0.6 is 11.8 Å². The van der Waals surface area contributed by atoms with E-state index < -0.39 is 0 Å². The molecule has 1 saturated heterocycles. The molecule has 3 nitrogen and oxygen atoms in total. The fourth-order valence-electron chi connectivity index (χ4n) is 1.63. The van der Waals surface area contributed by atoms with E-state index >= 15 is 0 Å². The van der Waals surface area contributed by atoms with Gasteiger partial charge < -0.3 is 5.73 Å². The topological polar surface area (TPSA) is 51.8 Å². The molecular weight excluding hydrogens is 194 g/mol. The van der Waals surface area contributed by atoms with Crippen molar-refractivity contribution in [1.82, 2.24) is 9.97 Å². The van der Waals surface area contributed by atoms with Crippen molar-refractivity contribution in [3.63, 3.8) is 0 Å². The standard InChI is InChI=1S/C10H15N3S/c11-4-3-10-12-6-8(7-13-10)9-2-1-5-14-9/h6-7,9H,1-5,11H2. The Bertz CT molecular complexity index is 280. The van der Waals surface area contributed by atoms with E-state index in [1.54, 1.807) is 0 Å². The van der Waals surface area contributed by atoms with Gasteiger partial charge in [0.25, 0.3) is 0 Å². The summed E-state index contributed by atoms with van der Waals surface area (Å²) in [6, 6.07) is 0. The molecule has 1 aromatic heterocycles. The predicted octanol–water partition coefficient (Wildman–Crippen LogP) is 1.55. The number of aromatic nitrogens is 2. The van der Waals surface area contributed by atoms with Gasteiger partial charge in [-0.15, -0.1) is 0 Å². The SMILES string of the molecule is NCCc1ncc(C2CCCS2)cn1. The molecule has 1 aliphatic heterocycles. The van der Waals surface area contributed by atoms with Gasteiger partial charge in [0.1, 0.15) is 5.82 Å². The molecule has 2 heterocycles. The second-order valence-electron chi connectivity index (χ2n) is 3.47. The minimum absolute atomic E-state index is 0.623. The number of nitrogens with two attached hydrogens (primary N) is 1. The Labute approximate surface area is 88.5 Å². The quantitative estimate of drug-likeness (QED) is 0.820. The van der Waals surface area contributed by atoms with Crippen LogP contribution in [0, 0.1) is 0 Å². The average molecular weight is 209 g/mol. The predicted molar refractivity (Wildman–Crippen MR) is 59.2 cm³/mol. The molecule has 0 aromatic carbocycles. The summed E-state index contributed by atoms with van der Waals surface area (Å²) in [6.07, 6.45) is 7.28. The van der Waals surface area contributed by atoms with Crippen LogP contribution < -0.4 is 5.73 Å². The maximum absolute atomic E-state index is 5.44. The molecule has 2 rings (SSSR count). The maximum Gasteiger partial charge on any atom is 0.129 e. The van der Waals surface area contributed by atoms with Crippen LogP contribution in [0.1, 0.15) is 29.5 Å². The van der Waals surface area contributed by atoms with E-state index in [9.17, 15) is 0 Å². The van der Waals surface area contributed by atoms with Gasteiger partial charge in [-0.2, -0.15) is 11.8 Å². The minimum atomic E-state index is 0.623. The van der Waals surface area contributed by atoms with Crippen molar-refractivity contribution >= 4 is 11.8 Å². The normalized spacial score (nSPS) is 21.4. The van der Waals surface area contributed by atoms with Crippen LogP contribution in [0.5, 0.6) is 0 Å². The molecule has 0 radical (unpaired) electrons. The van der Waals surface area contributed by atoms with E-state index in [4.69, 9.17) is 5.73 Å². The summed E-state index contributed by atoms with van der Waals surface area (Å²) in [5, 5.41) is 0.627. The molecule has 0 spiro atoms. The zero-order valence-corrected chi connectivity index (χ0v) is 8.96. The van der Waals surface area contributed by atoms with Gasteiger partial charge in [0.2, 0.25) is 0 Å². The van der Waals surface area contributed by atoms with Crippen LogP contribution in [0.25, 0.3) is 0 Å². The van der Waals surface area contributed by atoms with Gasteiger partial charge in [-0.25, -0.2) is 9.97 Å². The molecular formula is C10H15N3S. The molecule has 1 fully saturated rings. The number of hydrogen-bond acceptors (Lipinski definition) is 4. The minimum Gasteiger partial charge on any atom is -0.330 e. The summed E-state index contributed by atoms with van der Waals surface area (Å²) in [4.78, 5) is 8.62. The zero-order valence-electron chi connectivity index (χ0n) is 8.15. The molecule has 4 heteroatoms. The van der Waals surface area contributed by atoms with E-state index in [0.717, 1.165) is 12.2 Å². The molecule has 0 amide bonds. The molecule has 1 unspecified atom stereocenters. The molecule has 0 saturated carbocycles. The van der Waals surface area contributed by atoms with E-state index in [-0.39, 0.29) is 0 Å². The molecule has 1 aliphatic rings. The Hall–Kier alpha value is -0.610. The number of nitrogens with zero attached hydrogens (tertiary/aromatic N) is 2. The van der Waals surface area contributed by atoms with E-state index in [1.807, 2.05) is 24.2 Å². The summed E-state index contributed by atoms with van der Waals surface area (Å²) in [7, 11) is 0. The second-order valence-corrected chi connectivity index (χ2v) is 4.78. The highest BCUT2D eigenvalue weighted by molar-refractivity contribution is 7.99. The first-order valence-electron chi connectivity index (χ1n) is 5.02. The largest absolute Gasteiger partial charge is 0.330 e. The van der Waals surface area contributed by atoms with E-state index in [0.29, 0.717) is 11.8 Å². The molecule has 76 valence electrons. The summed E-state index contributed by atoms with van der Waals surface area (Å²) in [6.45, 7) is 0.623. The second kappa shape index (κ2) is 4.75. The van der Waals surface area contributed by atoms with Gasteiger partial charge in [-0.05, 0) is 25.1 Å². The molecule has 2 N–H and O–H groups in total. The molecule has 14 heavy (non-hydrogen) atoms. The highest BCUT2D eigenvalue weighted by atomic mass is 32.2. The van der Waals surface area contributed by atoms with Gasteiger partial charge in [0.15, 0.2) is 0 Å². The Morgan fingerprint density at radius 1 is 1.43 bits per heavy atom. The Morgan fingerprint density at radius 2 is 2.21 bits per heavy atom. The van der Waals surface area contributed by atoms with Crippen LogP contribution in [0.15, 0.2) is 12.4 Å². The van der Waals surface area contributed by atoms with Crippen LogP contribution in [0.2, 0.25) is 0 Å². The van der Waals surface area contributed by atoms with Crippen LogP contribution in [0.4, 0.5) is 0 Å². The van der Waals surface area contributed by atoms with Gasteiger partial charge >= 0.3 is 0 Å². The molecule has 1 aromatic rings. The summed E-state index contributed by atoms with van der Waals surface area (Å²) >= 11 is 2.01.